The Kier molecular flexibility index (Phi) is 7.64. The summed E-state index contributed by atoms with van der Waals surface area (Å²) in [7, 11) is -4.08. The molecule has 1 amide bonds. The lowest BCUT2D eigenvalue weighted by atomic mass is 10.2. The minimum Gasteiger partial charge on any atom is -0.271 e. The smallest absolute Gasteiger partial charge is 0.270 e. The Morgan fingerprint density at radius 1 is 1.06 bits per heavy atom. The van der Waals surface area contributed by atoms with E-state index >= 15 is 0 Å². The van der Waals surface area contributed by atoms with E-state index < -0.39 is 27.4 Å². The Hall–Kier alpha value is -3.47. The molecule has 9 nitrogen and oxygen atoms in total. The number of nitrogens with zero attached hydrogens (tertiary/aromatic N) is 3. The molecule has 3 rings (SSSR count). The van der Waals surface area contributed by atoms with Gasteiger partial charge in [0.1, 0.15) is 6.54 Å². The summed E-state index contributed by atoms with van der Waals surface area (Å²) in [6.45, 7) is -0.584. The summed E-state index contributed by atoms with van der Waals surface area (Å²) in [6.07, 6.45) is 1.13. The molecule has 0 saturated carbocycles. The zero-order valence-corrected chi connectivity index (χ0v) is 19.1. The largest absolute Gasteiger partial charge is 0.271 e. The number of carbonyl (C=O) groups excluding carboxylic acids is 1. The first-order valence-corrected chi connectivity index (χ1v) is 11.5. The van der Waals surface area contributed by atoms with Crippen LogP contribution >= 0.6 is 23.2 Å². The van der Waals surface area contributed by atoms with Gasteiger partial charge >= 0.3 is 0 Å². The van der Waals surface area contributed by atoms with Crippen molar-refractivity contribution in [3.05, 3.63) is 98.5 Å². The van der Waals surface area contributed by atoms with E-state index in [-0.39, 0.29) is 26.9 Å². The minimum absolute atomic E-state index is 0.000344. The molecule has 0 heterocycles. The lowest BCUT2D eigenvalue weighted by Gasteiger charge is -2.23. The van der Waals surface area contributed by atoms with Crippen molar-refractivity contribution in [3.8, 4) is 0 Å². The number of hydrogen-bond acceptors (Lipinski definition) is 6. The topological polar surface area (TPSA) is 122 Å². The summed E-state index contributed by atoms with van der Waals surface area (Å²) in [4.78, 5) is 22.8. The van der Waals surface area contributed by atoms with Crippen LogP contribution in [0.2, 0.25) is 10.0 Å². The summed E-state index contributed by atoms with van der Waals surface area (Å²) in [5, 5.41) is 15.2. The molecule has 0 aliphatic carbocycles. The van der Waals surface area contributed by atoms with Crippen molar-refractivity contribution in [3.63, 3.8) is 0 Å². The zero-order chi connectivity index (χ0) is 24.0. The van der Waals surface area contributed by atoms with E-state index in [4.69, 9.17) is 23.2 Å². The fourth-order valence-corrected chi connectivity index (χ4v) is 4.46. The van der Waals surface area contributed by atoms with Gasteiger partial charge in [0.2, 0.25) is 0 Å². The molecule has 0 aromatic heterocycles. The van der Waals surface area contributed by atoms with Crippen molar-refractivity contribution >= 4 is 56.7 Å². The molecule has 0 unspecified atom stereocenters. The number of sulfonamides is 1. The van der Waals surface area contributed by atoms with E-state index in [2.05, 4.69) is 10.5 Å². The standard InChI is InChI=1S/C21H16Cl2N4O5S/c22-16-6-8-17(9-7-16)26(33(31,32)19-4-2-1-3-5-19)14-21(28)25-24-13-15-12-18(27(29)30)10-11-20(15)23/h1-13H,14H2,(H,25,28)/b24-13-. The van der Waals surface area contributed by atoms with Crippen LogP contribution in [-0.4, -0.2) is 32.0 Å². The number of carbonyl (C=O) groups is 1. The number of nitro benzene ring substituents is 1. The van der Waals surface area contributed by atoms with Gasteiger partial charge in [-0.1, -0.05) is 41.4 Å². The molecule has 0 aliphatic heterocycles. The van der Waals surface area contributed by atoms with Crippen LogP contribution in [0.15, 0.2) is 82.8 Å². The lowest BCUT2D eigenvalue weighted by molar-refractivity contribution is -0.384. The third kappa shape index (κ3) is 6.07. The van der Waals surface area contributed by atoms with Crippen molar-refractivity contribution in [1.29, 1.82) is 0 Å². The number of halogens is 2. The number of hydrogen-bond donors (Lipinski definition) is 1. The number of hydrazone groups is 1. The van der Waals surface area contributed by atoms with Gasteiger partial charge in [0, 0.05) is 27.7 Å². The van der Waals surface area contributed by atoms with Crippen LogP contribution < -0.4 is 9.73 Å². The molecule has 0 bridgehead atoms. The summed E-state index contributed by atoms with van der Waals surface area (Å²) in [5.74, 6) is -0.748. The number of rotatable bonds is 8. The molecule has 0 atom stereocenters. The molecule has 0 spiro atoms. The number of benzene rings is 3. The first-order valence-electron chi connectivity index (χ1n) is 9.27. The van der Waals surface area contributed by atoms with Crippen molar-refractivity contribution in [2.75, 3.05) is 10.8 Å². The second kappa shape index (κ2) is 10.4. The highest BCUT2D eigenvalue weighted by atomic mass is 35.5. The van der Waals surface area contributed by atoms with Gasteiger partial charge in [-0.25, -0.2) is 13.8 Å². The van der Waals surface area contributed by atoms with Gasteiger partial charge in [-0.15, -0.1) is 0 Å². The summed E-state index contributed by atoms with van der Waals surface area (Å²) < 4.78 is 27.3. The molecule has 0 fully saturated rings. The van der Waals surface area contributed by atoms with E-state index in [1.165, 1.54) is 54.6 Å². The molecule has 0 radical (unpaired) electrons. The van der Waals surface area contributed by atoms with Crippen molar-refractivity contribution in [2.24, 2.45) is 5.10 Å². The number of nitrogens with one attached hydrogen (secondary N) is 1. The average Bonchev–Trinajstić information content (AvgIpc) is 2.80. The van der Waals surface area contributed by atoms with Crippen LogP contribution in [0, 0.1) is 10.1 Å². The Morgan fingerprint density at radius 2 is 1.73 bits per heavy atom. The van der Waals surface area contributed by atoms with E-state index in [9.17, 15) is 23.3 Å². The Bertz CT molecular complexity index is 1300. The zero-order valence-electron chi connectivity index (χ0n) is 16.8. The first kappa shape index (κ1) is 24.2. The maximum atomic E-state index is 13.2. The number of amides is 1. The van der Waals surface area contributed by atoms with Gasteiger partial charge in [0.15, 0.2) is 0 Å². The summed E-state index contributed by atoms with van der Waals surface area (Å²) in [6, 6.07) is 17.4. The van der Waals surface area contributed by atoms with E-state index in [1.807, 2.05) is 0 Å². The van der Waals surface area contributed by atoms with Crippen LogP contribution in [0.3, 0.4) is 0 Å². The first-order chi connectivity index (χ1) is 15.7. The monoisotopic (exact) mass is 506 g/mol. The minimum atomic E-state index is -4.08. The number of nitro groups is 1. The second-order valence-electron chi connectivity index (χ2n) is 6.56. The quantitative estimate of drug-likeness (QED) is 0.278. The van der Waals surface area contributed by atoms with Crippen LogP contribution in [0.1, 0.15) is 5.56 Å². The molecule has 33 heavy (non-hydrogen) atoms. The van der Waals surface area contributed by atoms with E-state index in [1.54, 1.807) is 18.2 Å². The van der Waals surface area contributed by atoms with Crippen LogP contribution in [0.4, 0.5) is 11.4 Å². The van der Waals surface area contributed by atoms with Gasteiger partial charge in [-0.3, -0.25) is 19.2 Å². The van der Waals surface area contributed by atoms with E-state index in [0.717, 1.165) is 10.5 Å². The highest BCUT2D eigenvalue weighted by Crippen LogP contribution is 2.25. The predicted molar refractivity (Wildman–Crippen MR) is 126 cm³/mol. The van der Waals surface area contributed by atoms with Crippen molar-refractivity contribution < 1.29 is 18.1 Å². The highest BCUT2D eigenvalue weighted by Gasteiger charge is 2.27. The molecular weight excluding hydrogens is 491 g/mol. The molecule has 3 aromatic carbocycles. The van der Waals surface area contributed by atoms with Gasteiger partial charge in [0.05, 0.1) is 21.7 Å². The maximum absolute atomic E-state index is 13.2. The van der Waals surface area contributed by atoms with E-state index in [0.29, 0.717) is 5.02 Å². The van der Waals surface area contributed by atoms with Crippen LogP contribution in [0.5, 0.6) is 0 Å². The SMILES string of the molecule is O=C(CN(c1ccc(Cl)cc1)S(=O)(=O)c1ccccc1)N/N=C\c1cc([N+](=O)[O-])ccc1Cl. The third-order valence-corrected chi connectivity index (χ3v) is 6.70. The Labute approximate surface area is 199 Å². The molecule has 0 aliphatic rings. The van der Waals surface area contributed by atoms with Gasteiger partial charge < -0.3 is 0 Å². The summed E-state index contributed by atoms with van der Waals surface area (Å²) in [5.41, 5.74) is 2.45. The Morgan fingerprint density at radius 3 is 2.36 bits per heavy atom. The van der Waals surface area contributed by atoms with Crippen LogP contribution in [0.25, 0.3) is 0 Å². The molecular formula is C21H16Cl2N4O5S. The lowest BCUT2D eigenvalue weighted by Crippen LogP contribution is -2.39. The van der Waals surface area contributed by atoms with Gasteiger partial charge in [-0.05, 0) is 42.5 Å². The van der Waals surface area contributed by atoms with Crippen LogP contribution in [-0.2, 0) is 14.8 Å². The molecule has 0 saturated heterocycles. The van der Waals surface area contributed by atoms with Gasteiger partial charge in [0.25, 0.3) is 21.6 Å². The number of anilines is 1. The molecule has 1 N–H and O–H groups in total. The predicted octanol–water partition coefficient (Wildman–Crippen LogP) is 4.25. The number of non-ortho nitro benzene ring substituents is 1. The summed E-state index contributed by atoms with van der Waals surface area (Å²) >= 11 is 11.9. The van der Waals surface area contributed by atoms with Gasteiger partial charge in [-0.2, -0.15) is 5.10 Å². The van der Waals surface area contributed by atoms with Crippen molar-refractivity contribution in [1.82, 2.24) is 5.43 Å². The molecule has 12 heteroatoms. The molecule has 3 aromatic rings. The average molecular weight is 507 g/mol. The normalized spacial score (nSPS) is 11.3. The third-order valence-electron chi connectivity index (χ3n) is 4.32. The fraction of sp³-hybridized carbons (Fsp3) is 0.0476. The second-order valence-corrected chi connectivity index (χ2v) is 9.26. The fourth-order valence-electron chi connectivity index (χ4n) is 2.73. The van der Waals surface area contributed by atoms with Crippen molar-refractivity contribution in [2.45, 2.75) is 4.90 Å². The Balaban J connectivity index is 1.82. The highest BCUT2D eigenvalue weighted by molar-refractivity contribution is 7.92. The maximum Gasteiger partial charge on any atom is 0.270 e. The molecule has 170 valence electrons.